The molecule has 1 amide bonds. The van der Waals surface area contributed by atoms with E-state index in [1.165, 1.54) is 21.8 Å². The third-order valence-corrected chi connectivity index (χ3v) is 4.70. The lowest BCUT2D eigenvalue weighted by Crippen LogP contribution is -2.43. The summed E-state index contributed by atoms with van der Waals surface area (Å²) in [5, 5.41) is 3.92. The first-order valence-electron chi connectivity index (χ1n) is 7.21. The van der Waals surface area contributed by atoms with Crippen LogP contribution in [-0.2, 0) is 6.42 Å². The van der Waals surface area contributed by atoms with Crippen LogP contribution in [0.25, 0.3) is 0 Å². The number of carbonyl (C=O) groups is 1. The minimum Gasteiger partial charge on any atom is -0.331 e. The van der Waals surface area contributed by atoms with E-state index in [4.69, 9.17) is 23.8 Å². The average molecular weight is 368 g/mol. The Morgan fingerprint density at radius 1 is 1.26 bits per heavy atom. The van der Waals surface area contributed by atoms with Crippen LogP contribution >= 0.6 is 35.2 Å². The zero-order valence-electron chi connectivity index (χ0n) is 12.9. The fraction of sp³-hybridized carbons (Fsp3) is 0.250. The van der Waals surface area contributed by atoms with Crippen molar-refractivity contribution >= 4 is 51.9 Å². The average Bonchev–Trinajstić information content (AvgIpc) is 2.89. The topological polar surface area (TPSA) is 53.2 Å². The zero-order chi connectivity index (χ0) is 16.8. The minimum atomic E-state index is -0.194. The number of hydrogen-bond acceptors (Lipinski definition) is 3. The maximum absolute atomic E-state index is 12.1. The van der Waals surface area contributed by atoms with Crippen LogP contribution in [0.2, 0.25) is 5.02 Å². The molecule has 2 aromatic rings. The third-order valence-electron chi connectivity index (χ3n) is 3.16. The SMILES string of the molecule is CCCc1cc(C(=O)NNC(=S)Nc2ccc(Cl)cc2)sc1C. The lowest BCUT2D eigenvalue weighted by Gasteiger charge is -2.11. The molecule has 0 saturated carbocycles. The molecule has 3 N–H and O–H groups in total. The van der Waals surface area contributed by atoms with Crippen molar-refractivity contribution in [2.45, 2.75) is 26.7 Å². The van der Waals surface area contributed by atoms with Gasteiger partial charge in [-0.05, 0) is 61.5 Å². The van der Waals surface area contributed by atoms with Crippen LogP contribution in [0.15, 0.2) is 30.3 Å². The highest BCUT2D eigenvalue weighted by Gasteiger charge is 2.12. The standard InChI is InChI=1S/C16H18ClN3OS2/c1-3-4-11-9-14(23-10(11)2)15(21)19-20-16(22)18-13-7-5-12(17)6-8-13/h5-9H,3-4H2,1-2H3,(H,19,21)(H2,18,20,22). The monoisotopic (exact) mass is 367 g/mol. The van der Waals surface area contributed by atoms with Gasteiger partial charge in [-0.25, -0.2) is 0 Å². The lowest BCUT2D eigenvalue weighted by molar-refractivity contribution is 0.0948. The summed E-state index contributed by atoms with van der Waals surface area (Å²) in [7, 11) is 0. The normalized spacial score (nSPS) is 10.2. The molecule has 1 aromatic heterocycles. The maximum atomic E-state index is 12.1. The molecule has 0 fully saturated rings. The highest BCUT2D eigenvalue weighted by molar-refractivity contribution is 7.80. The summed E-state index contributed by atoms with van der Waals surface area (Å²) in [5.74, 6) is -0.194. The number of halogens is 1. The van der Waals surface area contributed by atoms with Crippen LogP contribution < -0.4 is 16.2 Å². The molecule has 0 aliphatic carbocycles. The van der Waals surface area contributed by atoms with Crippen LogP contribution in [-0.4, -0.2) is 11.0 Å². The second-order valence-electron chi connectivity index (χ2n) is 4.98. The fourth-order valence-electron chi connectivity index (χ4n) is 2.02. The van der Waals surface area contributed by atoms with E-state index in [0.29, 0.717) is 15.0 Å². The molecular weight excluding hydrogens is 350 g/mol. The Balaban J connectivity index is 1.87. The van der Waals surface area contributed by atoms with Gasteiger partial charge >= 0.3 is 0 Å². The van der Waals surface area contributed by atoms with Crippen molar-refractivity contribution in [2.24, 2.45) is 0 Å². The quantitative estimate of drug-likeness (QED) is 0.557. The van der Waals surface area contributed by atoms with Gasteiger partial charge in [0.2, 0.25) is 0 Å². The smallest absolute Gasteiger partial charge is 0.279 e. The van der Waals surface area contributed by atoms with Gasteiger partial charge in [0.1, 0.15) is 0 Å². The van der Waals surface area contributed by atoms with E-state index < -0.39 is 0 Å². The number of aryl methyl sites for hydroxylation is 2. The molecule has 0 bridgehead atoms. The molecule has 1 aromatic carbocycles. The summed E-state index contributed by atoms with van der Waals surface area (Å²) in [5.41, 5.74) is 7.32. The van der Waals surface area contributed by atoms with Gasteiger partial charge in [-0.2, -0.15) is 0 Å². The van der Waals surface area contributed by atoms with Gasteiger partial charge in [-0.15, -0.1) is 11.3 Å². The van der Waals surface area contributed by atoms with Crippen LogP contribution in [0.5, 0.6) is 0 Å². The summed E-state index contributed by atoms with van der Waals surface area (Å²) in [6.45, 7) is 4.16. The number of nitrogens with one attached hydrogen (secondary N) is 3. The number of hydrogen-bond donors (Lipinski definition) is 3. The van der Waals surface area contributed by atoms with Crippen molar-refractivity contribution < 1.29 is 4.79 Å². The van der Waals surface area contributed by atoms with E-state index in [1.54, 1.807) is 24.3 Å². The number of carbonyl (C=O) groups excluding carboxylic acids is 1. The van der Waals surface area contributed by atoms with Crippen molar-refractivity contribution in [1.82, 2.24) is 10.9 Å². The Morgan fingerprint density at radius 2 is 1.96 bits per heavy atom. The number of thiophene rings is 1. The molecule has 0 aliphatic heterocycles. The molecule has 4 nitrogen and oxygen atoms in total. The van der Waals surface area contributed by atoms with Crippen molar-refractivity contribution in [3.8, 4) is 0 Å². The van der Waals surface area contributed by atoms with Gasteiger partial charge in [0.15, 0.2) is 5.11 Å². The van der Waals surface area contributed by atoms with E-state index in [9.17, 15) is 4.79 Å². The predicted octanol–water partition coefficient (Wildman–Crippen LogP) is 4.29. The molecule has 2 rings (SSSR count). The number of benzene rings is 1. The van der Waals surface area contributed by atoms with Crippen molar-refractivity contribution in [3.05, 3.63) is 50.7 Å². The van der Waals surface area contributed by atoms with Crippen molar-refractivity contribution in [3.63, 3.8) is 0 Å². The van der Waals surface area contributed by atoms with Gasteiger partial charge in [0.25, 0.3) is 5.91 Å². The Labute approximate surface area is 150 Å². The van der Waals surface area contributed by atoms with Gasteiger partial charge in [-0.1, -0.05) is 24.9 Å². The summed E-state index contributed by atoms with van der Waals surface area (Å²) in [6, 6.07) is 9.06. The van der Waals surface area contributed by atoms with Crippen LogP contribution in [0.3, 0.4) is 0 Å². The highest BCUT2D eigenvalue weighted by atomic mass is 35.5. The van der Waals surface area contributed by atoms with Gasteiger partial charge < -0.3 is 5.32 Å². The Hall–Kier alpha value is -1.63. The van der Waals surface area contributed by atoms with E-state index in [0.717, 1.165) is 18.5 Å². The molecule has 0 radical (unpaired) electrons. The number of anilines is 1. The third kappa shape index (κ3) is 5.20. The Bertz CT molecular complexity index is 698. The summed E-state index contributed by atoms with van der Waals surface area (Å²) >= 11 is 12.5. The second-order valence-corrected chi connectivity index (χ2v) is 7.08. The summed E-state index contributed by atoms with van der Waals surface area (Å²) in [6.07, 6.45) is 2.05. The molecule has 0 aliphatic rings. The lowest BCUT2D eigenvalue weighted by atomic mass is 10.1. The maximum Gasteiger partial charge on any atom is 0.279 e. The van der Waals surface area contributed by atoms with Gasteiger partial charge in [0.05, 0.1) is 4.88 Å². The molecule has 0 saturated heterocycles. The van der Waals surface area contributed by atoms with E-state index in [-0.39, 0.29) is 5.91 Å². The molecule has 0 atom stereocenters. The van der Waals surface area contributed by atoms with Crippen LogP contribution in [0.1, 0.15) is 33.5 Å². The molecule has 0 spiro atoms. The Morgan fingerprint density at radius 3 is 2.61 bits per heavy atom. The van der Waals surface area contributed by atoms with Gasteiger partial charge in [-0.3, -0.25) is 15.6 Å². The Kier molecular flexibility index (Phi) is 6.38. The molecular formula is C16H18ClN3OS2. The van der Waals surface area contributed by atoms with Crippen LogP contribution in [0.4, 0.5) is 5.69 Å². The van der Waals surface area contributed by atoms with Crippen molar-refractivity contribution in [1.29, 1.82) is 0 Å². The molecule has 0 unspecified atom stereocenters. The molecule has 122 valence electrons. The van der Waals surface area contributed by atoms with E-state index in [1.807, 2.05) is 13.0 Å². The first-order chi connectivity index (χ1) is 11.0. The van der Waals surface area contributed by atoms with E-state index >= 15 is 0 Å². The van der Waals surface area contributed by atoms with E-state index in [2.05, 4.69) is 23.1 Å². The number of amides is 1. The number of rotatable bonds is 4. The zero-order valence-corrected chi connectivity index (χ0v) is 15.3. The largest absolute Gasteiger partial charge is 0.331 e. The number of thiocarbonyl (C=S) groups is 1. The summed E-state index contributed by atoms with van der Waals surface area (Å²) < 4.78 is 0. The highest BCUT2D eigenvalue weighted by Crippen LogP contribution is 2.22. The summed E-state index contributed by atoms with van der Waals surface area (Å²) in [4.78, 5) is 14.0. The number of hydrazine groups is 1. The predicted molar refractivity (Wildman–Crippen MR) is 101 cm³/mol. The second kappa shape index (κ2) is 8.29. The molecule has 7 heteroatoms. The fourth-order valence-corrected chi connectivity index (χ4v) is 3.28. The van der Waals surface area contributed by atoms with Crippen molar-refractivity contribution in [2.75, 3.05) is 5.32 Å². The molecule has 1 heterocycles. The molecule has 23 heavy (non-hydrogen) atoms. The van der Waals surface area contributed by atoms with Gasteiger partial charge in [0, 0.05) is 15.6 Å². The minimum absolute atomic E-state index is 0.194. The first kappa shape index (κ1) is 17.7. The van der Waals surface area contributed by atoms with Crippen LogP contribution in [0, 0.1) is 6.92 Å². The first-order valence-corrected chi connectivity index (χ1v) is 8.82.